The minimum absolute atomic E-state index is 0.0148. The van der Waals surface area contributed by atoms with Crippen molar-refractivity contribution in [3.63, 3.8) is 0 Å². The van der Waals surface area contributed by atoms with Gasteiger partial charge in [0, 0.05) is 6.54 Å². The summed E-state index contributed by atoms with van der Waals surface area (Å²) in [6, 6.07) is 17.0. The maximum Gasteiger partial charge on any atom is 0.237 e. The third-order valence-corrected chi connectivity index (χ3v) is 5.52. The van der Waals surface area contributed by atoms with Crippen LogP contribution in [0.15, 0.2) is 48.5 Å². The predicted octanol–water partition coefficient (Wildman–Crippen LogP) is 4.99. The van der Waals surface area contributed by atoms with Gasteiger partial charge in [0.1, 0.15) is 0 Å². The van der Waals surface area contributed by atoms with Gasteiger partial charge in [0.25, 0.3) is 0 Å². The van der Waals surface area contributed by atoms with Gasteiger partial charge in [-0.05, 0) is 68.3 Å². The van der Waals surface area contributed by atoms with Crippen LogP contribution in [0, 0.1) is 19.3 Å². The lowest BCUT2D eigenvalue weighted by atomic mass is 9.99. The number of hydrogen-bond donors (Lipinski definition) is 1. The van der Waals surface area contributed by atoms with Crippen LogP contribution in [-0.4, -0.2) is 29.9 Å². The van der Waals surface area contributed by atoms with Crippen molar-refractivity contribution in [1.82, 2.24) is 10.2 Å². The number of amides is 1. The Bertz CT molecular complexity index is 766. The molecule has 0 aromatic heterocycles. The summed E-state index contributed by atoms with van der Waals surface area (Å²) in [4.78, 5) is 15.1. The van der Waals surface area contributed by atoms with Crippen molar-refractivity contribution in [1.29, 1.82) is 0 Å². The van der Waals surface area contributed by atoms with Gasteiger partial charge in [0.05, 0.1) is 6.04 Å². The number of piperidine rings is 1. The monoisotopic (exact) mass is 377 g/mol. The van der Waals surface area contributed by atoms with E-state index in [9.17, 15) is 4.79 Å². The third kappa shape index (κ3) is 5.68. The van der Waals surface area contributed by atoms with E-state index in [0.717, 1.165) is 37.9 Å². The average Bonchev–Trinajstić information content (AvgIpc) is 2.71. The maximum absolute atomic E-state index is 12.8. The molecule has 2 aromatic carbocycles. The number of aryl methyl sites for hydroxylation is 1. The third-order valence-electron chi connectivity index (χ3n) is 5.52. The number of carbonyl (C=O) groups is 1. The Hall–Kier alpha value is -2.13. The second-order valence-corrected chi connectivity index (χ2v) is 8.33. The van der Waals surface area contributed by atoms with Crippen LogP contribution in [0.5, 0.6) is 0 Å². The molecule has 1 aliphatic heterocycles. The van der Waals surface area contributed by atoms with Crippen LogP contribution >= 0.6 is 0 Å². The van der Waals surface area contributed by atoms with Crippen LogP contribution in [0.25, 0.3) is 11.1 Å². The molecule has 1 radical (unpaired) electrons. The molecule has 1 aliphatic rings. The first-order valence-electron chi connectivity index (χ1n) is 10.5. The lowest BCUT2D eigenvalue weighted by molar-refractivity contribution is -0.127. The van der Waals surface area contributed by atoms with Crippen molar-refractivity contribution >= 4 is 5.91 Å². The molecule has 3 nitrogen and oxygen atoms in total. The van der Waals surface area contributed by atoms with Gasteiger partial charge in [-0.2, -0.15) is 0 Å². The molecule has 0 saturated carbocycles. The minimum Gasteiger partial charge on any atom is -0.351 e. The van der Waals surface area contributed by atoms with E-state index in [4.69, 9.17) is 0 Å². The van der Waals surface area contributed by atoms with Gasteiger partial charge < -0.3 is 5.32 Å². The second kappa shape index (κ2) is 9.88. The number of nitrogens with one attached hydrogen (secondary N) is 1. The molecule has 1 saturated heterocycles. The van der Waals surface area contributed by atoms with Crippen molar-refractivity contribution in [3.8, 4) is 11.1 Å². The molecule has 1 N–H and O–H groups in total. The number of rotatable bonds is 7. The van der Waals surface area contributed by atoms with Crippen molar-refractivity contribution in [2.24, 2.45) is 5.92 Å². The fourth-order valence-corrected chi connectivity index (χ4v) is 3.75. The molecule has 1 atom stereocenters. The first-order chi connectivity index (χ1) is 13.5. The van der Waals surface area contributed by atoms with Gasteiger partial charge >= 0.3 is 0 Å². The number of carbonyl (C=O) groups excluding carboxylic acids is 1. The molecule has 1 amide bonds. The predicted molar refractivity (Wildman–Crippen MR) is 117 cm³/mol. The zero-order valence-corrected chi connectivity index (χ0v) is 17.4. The van der Waals surface area contributed by atoms with Crippen LogP contribution in [0.4, 0.5) is 0 Å². The molecule has 0 bridgehead atoms. The van der Waals surface area contributed by atoms with Crippen LogP contribution in [0.3, 0.4) is 0 Å². The Balaban J connectivity index is 1.56. The maximum atomic E-state index is 12.8. The normalized spacial score (nSPS) is 17.6. The Morgan fingerprint density at radius 2 is 1.93 bits per heavy atom. The van der Waals surface area contributed by atoms with Crippen molar-refractivity contribution < 1.29 is 4.79 Å². The molecule has 3 heteroatoms. The van der Waals surface area contributed by atoms with Crippen LogP contribution in [0.2, 0.25) is 0 Å². The van der Waals surface area contributed by atoms with Gasteiger partial charge in [0.15, 0.2) is 0 Å². The van der Waals surface area contributed by atoms with E-state index in [1.807, 2.05) is 0 Å². The second-order valence-electron chi connectivity index (χ2n) is 8.33. The van der Waals surface area contributed by atoms with Crippen molar-refractivity contribution in [3.05, 3.63) is 66.1 Å². The SMILES string of the molecule is Cc1cccc(-c2ccc(CNC(=O)C3C[CH]CCN3CCC(C)C)cc2)c1. The molecule has 1 heterocycles. The number of benzene rings is 2. The summed E-state index contributed by atoms with van der Waals surface area (Å²) in [7, 11) is 0. The highest BCUT2D eigenvalue weighted by Crippen LogP contribution is 2.21. The first-order valence-corrected chi connectivity index (χ1v) is 10.5. The summed E-state index contributed by atoms with van der Waals surface area (Å²) in [6.45, 7) is 9.18. The quantitative estimate of drug-likeness (QED) is 0.737. The molecule has 2 aromatic rings. The number of nitrogens with zero attached hydrogens (tertiary/aromatic N) is 1. The lowest BCUT2D eigenvalue weighted by Crippen LogP contribution is -2.49. The highest BCUT2D eigenvalue weighted by molar-refractivity contribution is 5.82. The molecular weight excluding hydrogens is 344 g/mol. The molecule has 1 unspecified atom stereocenters. The Morgan fingerprint density at radius 3 is 2.64 bits per heavy atom. The van der Waals surface area contributed by atoms with E-state index in [-0.39, 0.29) is 11.9 Å². The largest absolute Gasteiger partial charge is 0.351 e. The summed E-state index contributed by atoms with van der Waals surface area (Å²) in [6.07, 6.45) is 5.34. The summed E-state index contributed by atoms with van der Waals surface area (Å²) in [5.41, 5.74) is 4.84. The van der Waals surface area contributed by atoms with E-state index < -0.39 is 0 Å². The topological polar surface area (TPSA) is 32.3 Å². The van der Waals surface area contributed by atoms with E-state index >= 15 is 0 Å². The van der Waals surface area contributed by atoms with E-state index in [0.29, 0.717) is 12.5 Å². The van der Waals surface area contributed by atoms with E-state index in [1.54, 1.807) is 0 Å². The van der Waals surface area contributed by atoms with Gasteiger partial charge in [-0.3, -0.25) is 9.69 Å². The summed E-state index contributed by atoms with van der Waals surface area (Å²) < 4.78 is 0. The van der Waals surface area contributed by atoms with E-state index in [2.05, 4.69) is 85.9 Å². The zero-order chi connectivity index (χ0) is 19.9. The van der Waals surface area contributed by atoms with E-state index in [1.165, 1.54) is 16.7 Å². The zero-order valence-electron chi connectivity index (χ0n) is 17.4. The molecule has 3 rings (SSSR count). The molecule has 149 valence electrons. The Labute approximate surface area is 170 Å². The number of hydrogen-bond acceptors (Lipinski definition) is 2. The van der Waals surface area contributed by atoms with Crippen LogP contribution in [0.1, 0.15) is 44.2 Å². The van der Waals surface area contributed by atoms with Crippen molar-refractivity contribution in [2.75, 3.05) is 13.1 Å². The van der Waals surface area contributed by atoms with Crippen molar-refractivity contribution in [2.45, 2.75) is 52.6 Å². The van der Waals surface area contributed by atoms with Crippen LogP contribution in [-0.2, 0) is 11.3 Å². The highest BCUT2D eigenvalue weighted by atomic mass is 16.2. The first kappa shape index (κ1) is 20.6. The molecule has 0 spiro atoms. The average molecular weight is 378 g/mol. The van der Waals surface area contributed by atoms with Gasteiger partial charge in [-0.15, -0.1) is 0 Å². The van der Waals surface area contributed by atoms with Gasteiger partial charge in [-0.25, -0.2) is 0 Å². The summed E-state index contributed by atoms with van der Waals surface area (Å²) in [5, 5.41) is 3.15. The Morgan fingerprint density at radius 1 is 1.14 bits per heavy atom. The molecule has 28 heavy (non-hydrogen) atoms. The summed E-state index contributed by atoms with van der Waals surface area (Å²) >= 11 is 0. The fourth-order valence-electron chi connectivity index (χ4n) is 3.75. The molecule has 1 fully saturated rings. The van der Waals surface area contributed by atoms with Gasteiger partial charge in [-0.1, -0.05) is 67.9 Å². The highest BCUT2D eigenvalue weighted by Gasteiger charge is 2.28. The minimum atomic E-state index is -0.0148. The lowest BCUT2D eigenvalue weighted by Gasteiger charge is -2.35. The molecule has 0 aliphatic carbocycles. The van der Waals surface area contributed by atoms with Gasteiger partial charge in [0.2, 0.25) is 5.91 Å². The smallest absolute Gasteiger partial charge is 0.237 e. The number of likely N-dealkylation sites (tertiary alicyclic amines) is 1. The van der Waals surface area contributed by atoms with Crippen LogP contribution < -0.4 is 5.32 Å². The standard InChI is InChI=1S/C25H33N2O/c1-19(2)14-16-27-15-5-4-9-24(27)25(28)26-18-21-10-12-22(13-11-21)23-8-6-7-20(3)17-23/h4,6-8,10-13,17,19,24H,5,9,14-16,18H2,1-3H3,(H,26,28). The fraction of sp³-hybridized carbons (Fsp3) is 0.440. The summed E-state index contributed by atoms with van der Waals surface area (Å²) in [5.74, 6) is 0.823. The molecular formula is C25H33N2O. The Kier molecular flexibility index (Phi) is 7.27.